The van der Waals surface area contributed by atoms with Crippen molar-refractivity contribution < 1.29 is 0 Å². The molecule has 0 aliphatic rings. The first kappa shape index (κ1) is 13.6. The van der Waals surface area contributed by atoms with Gasteiger partial charge in [0.2, 0.25) is 0 Å². The van der Waals surface area contributed by atoms with Gasteiger partial charge in [0.15, 0.2) is 0 Å². The highest BCUT2D eigenvalue weighted by molar-refractivity contribution is 6.15. The lowest BCUT2D eigenvalue weighted by Crippen LogP contribution is -1.88. The Balaban J connectivity index is 1.82. The molecule has 0 amide bonds. The number of H-pyrrole nitrogens is 1. The Morgan fingerprint density at radius 1 is 0.846 bits per heavy atom. The summed E-state index contributed by atoms with van der Waals surface area (Å²) in [6.45, 7) is 0. The second-order valence-corrected chi connectivity index (χ2v) is 6.50. The molecule has 4 nitrogen and oxygen atoms in total. The van der Waals surface area contributed by atoms with Crippen LogP contribution in [0.25, 0.3) is 49.6 Å². The van der Waals surface area contributed by atoms with Gasteiger partial charge in [0.1, 0.15) is 5.65 Å². The summed E-state index contributed by atoms with van der Waals surface area (Å²) in [6.07, 6.45) is 5.80. The molecule has 0 bridgehead atoms. The minimum atomic E-state index is 0.978. The fourth-order valence-electron chi connectivity index (χ4n) is 3.90. The Morgan fingerprint density at radius 3 is 2.73 bits per heavy atom. The molecule has 6 aromatic rings. The molecule has 0 atom stereocenters. The Bertz CT molecular complexity index is 1420. The van der Waals surface area contributed by atoms with Crippen LogP contribution in [0.15, 0.2) is 79.3 Å². The van der Waals surface area contributed by atoms with E-state index in [1.54, 1.807) is 6.20 Å². The Kier molecular flexibility index (Phi) is 2.58. The second-order valence-electron chi connectivity index (χ2n) is 6.50. The third-order valence-electron chi connectivity index (χ3n) is 5.03. The average Bonchev–Trinajstić information content (AvgIpc) is 3.26. The predicted octanol–water partition coefficient (Wildman–Crippen LogP) is 5.18. The number of nitrogens with zero attached hydrogens (tertiary/aromatic N) is 3. The van der Waals surface area contributed by atoms with Crippen molar-refractivity contribution in [3.63, 3.8) is 0 Å². The Hall–Kier alpha value is -3.66. The molecule has 2 aromatic carbocycles. The quantitative estimate of drug-likeness (QED) is 0.450. The normalized spacial score (nSPS) is 11.8. The van der Waals surface area contributed by atoms with Gasteiger partial charge in [-0.25, -0.2) is 4.98 Å². The second kappa shape index (κ2) is 4.92. The molecule has 4 heterocycles. The van der Waals surface area contributed by atoms with Crippen molar-refractivity contribution in [2.75, 3.05) is 0 Å². The van der Waals surface area contributed by atoms with Crippen molar-refractivity contribution in [1.82, 2.24) is 19.4 Å². The first-order valence-corrected chi connectivity index (χ1v) is 8.61. The standard InChI is InChI=1S/C22H14N4/c1-2-8-17-16(6-1)20-18(24-17)10-12-26-21-15(14-5-4-11-23-13-14)7-3-9-19(21)25-22(20)26/h1-13,24H. The molecular formula is C22H14N4. The fraction of sp³-hybridized carbons (Fsp3) is 0. The molecule has 0 saturated carbocycles. The summed E-state index contributed by atoms with van der Waals surface area (Å²) in [4.78, 5) is 12.8. The molecule has 122 valence electrons. The first-order valence-electron chi connectivity index (χ1n) is 8.61. The number of aromatic nitrogens is 4. The number of nitrogens with one attached hydrogen (secondary N) is 1. The van der Waals surface area contributed by atoms with Crippen LogP contribution in [-0.4, -0.2) is 19.4 Å². The van der Waals surface area contributed by atoms with Gasteiger partial charge in [0, 0.05) is 40.6 Å². The van der Waals surface area contributed by atoms with Gasteiger partial charge in [-0.2, -0.15) is 0 Å². The third kappa shape index (κ3) is 1.73. The fourth-order valence-corrected chi connectivity index (χ4v) is 3.90. The van der Waals surface area contributed by atoms with Gasteiger partial charge >= 0.3 is 0 Å². The van der Waals surface area contributed by atoms with E-state index in [1.807, 2.05) is 12.3 Å². The number of hydrogen-bond donors (Lipinski definition) is 1. The summed E-state index contributed by atoms with van der Waals surface area (Å²) >= 11 is 0. The summed E-state index contributed by atoms with van der Waals surface area (Å²) < 4.78 is 2.19. The van der Waals surface area contributed by atoms with Crippen LogP contribution in [0.1, 0.15) is 0 Å². The van der Waals surface area contributed by atoms with Crippen molar-refractivity contribution in [2.24, 2.45) is 0 Å². The van der Waals surface area contributed by atoms with Crippen molar-refractivity contribution >= 4 is 38.5 Å². The van der Waals surface area contributed by atoms with Gasteiger partial charge in [-0.15, -0.1) is 0 Å². The number of hydrogen-bond acceptors (Lipinski definition) is 2. The van der Waals surface area contributed by atoms with Crippen LogP contribution in [-0.2, 0) is 0 Å². The molecule has 0 aliphatic heterocycles. The first-order chi connectivity index (χ1) is 12.9. The summed E-state index contributed by atoms with van der Waals surface area (Å²) in [5.41, 5.74) is 7.56. The highest BCUT2D eigenvalue weighted by atomic mass is 15.0. The van der Waals surface area contributed by atoms with Crippen LogP contribution >= 0.6 is 0 Å². The molecule has 26 heavy (non-hydrogen) atoms. The molecule has 6 rings (SSSR count). The van der Waals surface area contributed by atoms with E-state index in [0.29, 0.717) is 0 Å². The Labute approximate surface area is 148 Å². The SMILES string of the molecule is c1cncc(-c2cccc3nc4c5c(ccn4c23)[nH]c2ccccc25)c1. The van der Waals surface area contributed by atoms with E-state index < -0.39 is 0 Å². The topological polar surface area (TPSA) is 46.0 Å². The van der Waals surface area contributed by atoms with Crippen molar-refractivity contribution in [1.29, 1.82) is 0 Å². The van der Waals surface area contributed by atoms with E-state index in [4.69, 9.17) is 4.98 Å². The molecule has 4 aromatic heterocycles. The molecular weight excluding hydrogens is 320 g/mol. The van der Waals surface area contributed by atoms with Gasteiger partial charge < -0.3 is 4.98 Å². The van der Waals surface area contributed by atoms with E-state index in [0.717, 1.165) is 44.2 Å². The number of rotatable bonds is 1. The lowest BCUT2D eigenvalue weighted by atomic mass is 10.1. The Morgan fingerprint density at radius 2 is 1.81 bits per heavy atom. The zero-order chi connectivity index (χ0) is 17.1. The minimum Gasteiger partial charge on any atom is -0.354 e. The number of para-hydroxylation sites is 2. The molecule has 0 unspecified atom stereocenters. The maximum Gasteiger partial charge on any atom is 0.148 e. The predicted molar refractivity (Wildman–Crippen MR) is 105 cm³/mol. The summed E-state index contributed by atoms with van der Waals surface area (Å²) in [6, 6.07) is 20.8. The molecule has 0 fully saturated rings. The van der Waals surface area contributed by atoms with Crippen LogP contribution in [0, 0.1) is 0 Å². The van der Waals surface area contributed by atoms with E-state index in [2.05, 4.69) is 75.2 Å². The average molecular weight is 334 g/mol. The van der Waals surface area contributed by atoms with E-state index >= 15 is 0 Å². The number of benzene rings is 2. The lowest BCUT2D eigenvalue weighted by Gasteiger charge is -2.04. The van der Waals surface area contributed by atoms with Gasteiger partial charge in [0.05, 0.1) is 21.9 Å². The molecule has 0 radical (unpaired) electrons. The largest absolute Gasteiger partial charge is 0.354 e. The maximum absolute atomic E-state index is 4.97. The van der Waals surface area contributed by atoms with Gasteiger partial charge in [-0.1, -0.05) is 36.4 Å². The van der Waals surface area contributed by atoms with Gasteiger partial charge in [-0.05, 0) is 24.3 Å². The number of fused-ring (bicyclic) bond motifs is 7. The van der Waals surface area contributed by atoms with E-state index in [1.165, 1.54) is 5.39 Å². The summed E-state index contributed by atoms with van der Waals surface area (Å²) in [5, 5.41) is 2.36. The molecule has 4 heteroatoms. The molecule has 0 aliphatic carbocycles. The van der Waals surface area contributed by atoms with Gasteiger partial charge in [-0.3, -0.25) is 9.38 Å². The zero-order valence-electron chi connectivity index (χ0n) is 13.8. The van der Waals surface area contributed by atoms with E-state index in [-0.39, 0.29) is 0 Å². The van der Waals surface area contributed by atoms with Crippen LogP contribution in [0.4, 0.5) is 0 Å². The third-order valence-corrected chi connectivity index (χ3v) is 5.03. The van der Waals surface area contributed by atoms with Crippen LogP contribution in [0.2, 0.25) is 0 Å². The number of aromatic amines is 1. The highest BCUT2D eigenvalue weighted by Gasteiger charge is 2.15. The minimum absolute atomic E-state index is 0.978. The van der Waals surface area contributed by atoms with Crippen molar-refractivity contribution in [2.45, 2.75) is 0 Å². The van der Waals surface area contributed by atoms with Crippen LogP contribution in [0.5, 0.6) is 0 Å². The zero-order valence-corrected chi connectivity index (χ0v) is 13.8. The maximum atomic E-state index is 4.97. The van der Waals surface area contributed by atoms with Crippen LogP contribution < -0.4 is 0 Å². The highest BCUT2D eigenvalue weighted by Crippen LogP contribution is 2.34. The lowest BCUT2D eigenvalue weighted by molar-refractivity contribution is 1.24. The molecule has 0 spiro atoms. The van der Waals surface area contributed by atoms with Gasteiger partial charge in [0.25, 0.3) is 0 Å². The van der Waals surface area contributed by atoms with E-state index in [9.17, 15) is 0 Å². The molecule has 0 saturated heterocycles. The van der Waals surface area contributed by atoms with Crippen molar-refractivity contribution in [3.8, 4) is 11.1 Å². The van der Waals surface area contributed by atoms with Crippen LogP contribution in [0.3, 0.4) is 0 Å². The molecule has 1 N–H and O–H groups in total. The number of imidazole rings is 1. The summed E-state index contributed by atoms with van der Waals surface area (Å²) in [7, 11) is 0. The summed E-state index contributed by atoms with van der Waals surface area (Å²) in [5.74, 6) is 0. The number of pyridine rings is 2. The smallest absolute Gasteiger partial charge is 0.148 e. The monoisotopic (exact) mass is 334 g/mol. The van der Waals surface area contributed by atoms with Crippen molar-refractivity contribution in [3.05, 3.63) is 79.3 Å².